The van der Waals surface area contributed by atoms with Gasteiger partial charge in [-0.3, -0.25) is 14.9 Å². The average Bonchev–Trinajstić information content (AvgIpc) is 2.68. The molecular formula is C19H19IN6O3. The molecule has 0 heterocycles. The van der Waals surface area contributed by atoms with E-state index in [0.717, 1.165) is 24.8 Å². The summed E-state index contributed by atoms with van der Waals surface area (Å²) in [6, 6.07) is 9.82. The fourth-order valence-electron chi connectivity index (χ4n) is 2.67. The van der Waals surface area contributed by atoms with Gasteiger partial charge in [0.2, 0.25) is 5.91 Å². The number of non-ortho nitro benzene ring substituents is 1. The van der Waals surface area contributed by atoms with Crippen molar-refractivity contribution < 1.29 is 9.72 Å². The third-order valence-electron chi connectivity index (χ3n) is 4.06. The van der Waals surface area contributed by atoms with Gasteiger partial charge in [0, 0.05) is 41.4 Å². The van der Waals surface area contributed by atoms with Gasteiger partial charge in [-0.25, -0.2) is 0 Å². The van der Waals surface area contributed by atoms with Crippen molar-refractivity contribution in [3.8, 4) is 6.07 Å². The molecule has 2 aromatic carbocycles. The number of nitriles is 1. The smallest absolute Gasteiger partial charge is 0.271 e. The zero-order valence-corrected chi connectivity index (χ0v) is 18.3. The van der Waals surface area contributed by atoms with Crippen LogP contribution >= 0.6 is 22.6 Å². The predicted molar refractivity (Wildman–Crippen MR) is 119 cm³/mol. The van der Waals surface area contributed by atoms with E-state index in [1.807, 2.05) is 54.6 Å². The van der Waals surface area contributed by atoms with E-state index in [-0.39, 0.29) is 22.8 Å². The highest BCUT2D eigenvalue weighted by molar-refractivity contribution is 14.1. The van der Waals surface area contributed by atoms with Gasteiger partial charge in [-0.2, -0.15) is 5.26 Å². The van der Waals surface area contributed by atoms with Crippen LogP contribution < -0.4 is 10.2 Å². The number of benzene rings is 2. The first-order valence-corrected chi connectivity index (χ1v) is 9.84. The molecule has 0 unspecified atom stereocenters. The zero-order valence-electron chi connectivity index (χ0n) is 16.1. The van der Waals surface area contributed by atoms with Crippen LogP contribution in [-0.4, -0.2) is 23.9 Å². The second-order valence-corrected chi connectivity index (χ2v) is 7.11. The number of nitrogens with zero attached hydrogens (tertiary/aromatic N) is 5. The maximum absolute atomic E-state index is 11.6. The first-order valence-electron chi connectivity index (χ1n) is 8.77. The molecular weight excluding hydrogens is 487 g/mol. The topological polar surface area (TPSA) is 124 Å². The number of azo groups is 1. The van der Waals surface area contributed by atoms with Gasteiger partial charge in [0.05, 0.1) is 16.2 Å². The quantitative estimate of drug-likeness (QED) is 0.237. The van der Waals surface area contributed by atoms with Gasteiger partial charge in [-0.1, -0.05) is 0 Å². The fraction of sp³-hybridized carbons (Fsp3) is 0.263. The number of hydrogen-bond donors (Lipinski definition) is 1. The molecule has 150 valence electrons. The van der Waals surface area contributed by atoms with Crippen molar-refractivity contribution in [1.82, 2.24) is 0 Å². The second kappa shape index (κ2) is 9.92. The molecule has 9 nitrogen and oxygen atoms in total. The van der Waals surface area contributed by atoms with Crippen molar-refractivity contribution in [2.45, 2.75) is 20.8 Å². The molecule has 0 aliphatic heterocycles. The Labute approximate surface area is 181 Å². The minimum Gasteiger partial charge on any atom is -0.372 e. The van der Waals surface area contributed by atoms with Crippen LogP contribution in [0.5, 0.6) is 0 Å². The van der Waals surface area contributed by atoms with E-state index < -0.39 is 4.92 Å². The van der Waals surface area contributed by atoms with Crippen LogP contribution in [0.1, 0.15) is 26.3 Å². The standard InChI is InChI=1S/C19H19IN6O3/c1-4-25(5-2)14-6-7-17(18(10-14)22-12(3)27)23-24-19-13(11-21)8-15(26(28)29)9-16(19)20/h6-10H,4-5H2,1-3H3,(H,22,27). The van der Waals surface area contributed by atoms with Gasteiger partial charge in [0.1, 0.15) is 17.4 Å². The highest BCUT2D eigenvalue weighted by atomic mass is 127. The van der Waals surface area contributed by atoms with Crippen LogP contribution in [-0.2, 0) is 4.79 Å². The number of carbonyl (C=O) groups excluding carboxylic acids is 1. The van der Waals surface area contributed by atoms with E-state index in [4.69, 9.17) is 0 Å². The van der Waals surface area contributed by atoms with Crippen molar-refractivity contribution in [3.05, 3.63) is 49.6 Å². The third-order valence-corrected chi connectivity index (χ3v) is 4.88. The Balaban J connectivity index is 2.50. The Hall–Kier alpha value is -3.07. The summed E-state index contributed by atoms with van der Waals surface area (Å²) >= 11 is 1.88. The lowest BCUT2D eigenvalue weighted by atomic mass is 10.2. The Kier molecular flexibility index (Phi) is 7.60. The molecule has 10 heteroatoms. The summed E-state index contributed by atoms with van der Waals surface area (Å²) in [6.07, 6.45) is 0. The molecule has 0 saturated carbocycles. The number of anilines is 2. The largest absolute Gasteiger partial charge is 0.372 e. The maximum Gasteiger partial charge on any atom is 0.271 e. The number of nitro groups is 1. The van der Waals surface area contributed by atoms with Gasteiger partial charge in [-0.05, 0) is 54.6 Å². The van der Waals surface area contributed by atoms with E-state index in [0.29, 0.717) is 14.9 Å². The van der Waals surface area contributed by atoms with Crippen LogP contribution in [0.15, 0.2) is 40.6 Å². The van der Waals surface area contributed by atoms with Gasteiger partial charge < -0.3 is 10.2 Å². The molecule has 2 rings (SSSR count). The molecule has 29 heavy (non-hydrogen) atoms. The average molecular weight is 506 g/mol. The highest BCUT2D eigenvalue weighted by Gasteiger charge is 2.16. The van der Waals surface area contributed by atoms with Gasteiger partial charge in [0.15, 0.2) is 0 Å². The van der Waals surface area contributed by atoms with Crippen molar-refractivity contribution in [2.24, 2.45) is 10.2 Å². The van der Waals surface area contributed by atoms with E-state index in [1.54, 1.807) is 6.07 Å². The molecule has 1 N–H and O–H groups in total. The summed E-state index contributed by atoms with van der Waals surface area (Å²) in [5.41, 5.74) is 1.93. The van der Waals surface area contributed by atoms with E-state index in [9.17, 15) is 20.2 Å². The molecule has 2 aromatic rings. The lowest BCUT2D eigenvalue weighted by molar-refractivity contribution is -0.384. The predicted octanol–water partition coefficient (Wildman–Crippen LogP) is 5.29. The van der Waals surface area contributed by atoms with Crippen molar-refractivity contribution in [2.75, 3.05) is 23.3 Å². The zero-order chi connectivity index (χ0) is 21.6. The number of amides is 1. The molecule has 0 fully saturated rings. The van der Waals surface area contributed by atoms with Crippen molar-refractivity contribution >= 4 is 56.9 Å². The summed E-state index contributed by atoms with van der Waals surface area (Å²) in [5, 5.41) is 31.4. The Bertz CT molecular complexity index is 1010. The number of nitro benzene ring substituents is 1. The number of carbonyl (C=O) groups is 1. The minimum absolute atomic E-state index is 0.0492. The summed E-state index contributed by atoms with van der Waals surface area (Å²) in [5.74, 6) is -0.249. The van der Waals surface area contributed by atoms with E-state index >= 15 is 0 Å². The van der Waals surface area contributed by atoms with Gasteiger partial charge in [0.25, 0.3) is 5.69 Å². The molecule has 1 amide bonds. The second-order valence-electron chi connectivity index (χ2n) is 5.95. The molecule has 0 saturated heterocycles. The van der Waals surface area contributed by atoms with Gasteiger partial charge >= 0.3 is 0 Å². The molecule has 0 spiro atoms. The lowest BCUT2D eigenvalue weighted by Crippen LogP contribution is -2.21. The molecule has 0 radical (unpaired) electrons. The highest BCUT2D eigenvalue weighted by Crippen LogP contribution is 2.35. The summed E-state index contributed by atoms with van der Waals surface area (Å²) in [4.78, 5) is 24.2. The molecule has 0 atom stereocenters. The number of nitrogens with one attached hydrogen (secondary N) is 1. The normalized spacial score (nSPS) is 10.6. The first-order chi connectivity index (χ1) is 13.8. The summed E-state index contributed by atoms with van der Waals surface area (Å²) in [7, 11) is 0. The monoisotopic (exact) mass is 506 g/mol. The van der Waals surface area contributed by atoms with E-state index in [1.165, 1.54) is 13.0 Å². The van der Waals surface area contributed by atoms with Crippen LogP contribution in [0, 0.1) is 25.0 Å². The molecule has 0 aliphatic rings. The minimum atomic E-state index is -0.565. The van der Waals surface area contributed by atoms with Crippen molar-refractivity contribution in [3.63, 3.8) is 0 Å². The van der Waals surface area contributed by atoms with Gasteiger partial charge in [-0.15, -0.1) is 10.2 Å². The maximum atomic E-state index is 11.6. The first kappa shape index (κ1) is 22.2. The van der Waals surface area contributed by atoms with Crippen LogP contribution in [0.4, 0.5) is 28.4 Å². The Morgan fingerprint density at radius 1 is 1.28 bits per heavy atom. The SMILES string of the molecule is CCN(CC)c1ccc(N=Nc2c(I)cc([N+](=O)[O-])cc2C#N)c(NC(C)=O)c1. The third kappa shape index (κ3) is 5.47. The lowest BCUT2D eigenvalue weighted by Gasteiger charge is -2.22. The van der Waals surface area contributed by atoms with Crippen LogP contribution in [0.2, 0.25) is 0 Å². The fourth-order valence-corrected chi connectivity index (χ4v) is 3.38. The Morgan fingerprint density at radius 3 is 2.52 bits per heavy atom. The number of rotatable bonds is 7. The van der Waals surface area contributed by atoms with Crippen LogP contribution in [0.3, 0.4) is 0 Å². The summed E-state index contributed by atoms with van der Waals surface area (Å²) < 4.78 is 0.429. The Morgan fingerprint density at radius 2 is 1.97 bits per heavy atom. The number of hydrogen-bond acceptors (Lipinski definition) is 7. The van der Waals surface area contributed by atoms with E-state index in [2.05, 4.69) is 20.4 Å². The van der Waals surface area contributed by atoms with Crippen LogP contribution in [0.25, 0.3) is 0 Å². The summed E-state index contributed by atoms with van der Waals surface area (Å²) in [6.45, 7) is 7.09. The molecule has 0 aromatic heterocycles. The molecule has 0 bridgehead atoms. The number of halogens is 1. The molecule has 0 aliphatic carbocycles. The van der Waals surface area contributed by atoms with Crippen molar-refractivity contribution in [1.29, 1.82) is 5.26 Å².